The van der Waals surface area contributed by atoms with Crippen molar-refractivity contribution in [3.63, 3.8) is 0 Å². The molecule has 0 aliphatic heterocycles. The summed E-state index contributed by atoms with van der Waals surface area (Å²) in [6.07, 6.45) is 0. The molecule has 0 aliphatic rings. The summed E-state index contributed by atoms with van der Waals surface area (Å²) >= 11 is 1.59. The van der Waals surface area contributed by atoms with Crippen LogP contribution in [0, 0.1) is 20.8 Å². The SMILES string of the molecule is Cc1cccc(NC(=O)[C@@H](C)Sc2ccc(C)c(C)c2)c1. The van der Waals surface area contributed by atoms with Gasteiger partial charge in [0.15, 0.2) is 0 Å². The number of benzene rings is 2. The molecule has 0 saturated carbocycles. The van der Waals surface area contributed by atoms with Crippen molar-refractivity contribution in [3.05, 3.63) is 59.2 Å². The van der Waals surface area contributed by atoms with Gasteiger partial charge in [-0.3, -0.25) is 4.79 Å². The van der Waals surface area contributed by atoms with E-state index in [0.717, 1.165) is 16.1 Å². The van der Waals surface area contributed by atoms with Crippen LogP contribution in [0.3, 0.4) is 0 Å². The molecular weight excluding hydrogens is 278 g/mol. The van der Waals surface area contributed by atoms with Crippen molar-refractivity contribution in [2.24, 2.45) is 0 Å². The third-order valence-corrected chi connectivity index (χ3v) is 4.54. The average Bonchev–Trinajstić information content (AvgIpc) is 2.43. The molecule has 1 amide bonds. The van der Waals surface area contributed by atoms with Gasteiger partial charge in [0.05, 0.1) is 5.25 Å². The van der Waals surface area contributed by atoms with Crippen molar-refractivity contribution in [1.29, 1.82) is 0 Å². The second-order valence-electron chi connectivity index (χ2n) is 5.36. The lowest BCUT2D eigenvalue weighted by Crippen LogP contribution is -2.22. The summed E-state index contributed by atoms with van der Waals surface area (Å²) in [4.78, 5) is 13.4. The quantitative estimate of drug-likeness (QED) is 0.827. The molecule has 21 heavy (non-hydrogen) atoms. The van der Waals surface area contributed by atoms with Gasteiger partial charge in [-0.2, -0.15) is 0 Å². The molecule has 110 valence electrons. The van der Waals surface area contributed by atoms with Crippen LogP contribution in [0.15, 0.2) is 47.4 Å². The number of carbonyl (C=O) groups excluding carboxylic acids is 1. The minimum atomic E-state index is -0.132. The van der Waals surface area contributed by atoms with Crippen LogP contribution in [-0.4, -0.2) is 11.2 Å². The van der Waals surface area contributed by atoms with E-state index in [1.54, 1.807) is 11.8 Å². The molecule has 0 fully saturated rings. The number of amides is 1. The molecule has 2 aromatic carbocycles. The molecule has 2 aromatic rings. The molecule has 0 aliphatic carbocycles. The first-order chi connectivity index (χ1) is 9.95. The molecule has 0 unspecified atom stereocenters. The van der Waals surface area contributed by atoms with Gasteiger partial charge in [0, 0.05) is 10.6 Å². The van der Waals surface area contributed by atoms with E-state index in [4.69, 9.17) is 0 Å². The maximum absolute atomic E-state index is 12.2. The first-order valence-electron chi connectivity index (χ1n) is 7.07. The van der Waals surface area contributed by atoms with Gasteiger partial charge in [-0.1, -0.05) is 18.2 Å². The van der Waals surface area contributed by atoms with Gasteiger partial charge in [-0.15, -0.1) is 11.8 Å². The highest BCUT2D eigenvalue weighted by Crippen LogP contribution is 2.26. The number of hydrogen-bond acceptors (Lipinski definition) is 2. The second kappa shape index (κ2) is 6.81. The highest BCUT2D eigenvalue weighted by Gasteiger charge is 2.14. The zero-order valence-electron chi connectivity index (χ0n) is 12.9. The van der Waals surface area contributed by atoms with Crippen molar-refractivity contribution in [2.45, 2.75) is 37.8 Å². The predicted molar refractivity (Wildman–Crippen MR) is 91.0 cm³/mol. The van der Waals surface area contributed by atoms with E-state index in [2.05, 4.69) is 37.4 Å². The van der Waals surface area contributed by atoms with Gasteiger partial charge < -0.3 is 5.32 Å². The lowest BCUT2D eigenvalue weighted by atomic mass is 10.1. The maximum atomic E-state index is 12.2. The first kappa shape index (κ1) is 15.6. The number of aryl methyl sites for hydroxylation is 3. The predicted octanol–water partition coefficient (Wildman–Crippen LogP) is 4.73. The fourth-order valence-corrected chi connectivity index (χ4v) is 2.98. The zero-order valence-corrected chi connectivity index (χ0v) is 13.8. The molecule has 1 atom stereocenters. The largest absolute Gasteiger partial charge is 0.325 e. The molecule has 1 N–H and O–H groups in total. The molecular formula is C18H21NOS. The topological polar surface area (TPSA) is 29.1 Å². The van der Waals surface area contributed by atoms with Crippen LogP contribution in [0.25, 0.3) is 0 Å². The van der Waals surface area contributed by atoms with Gasteiger partial charge >= 0.3 is 0 Å². The highest BCUT2D eigenvalue weighted by atomic mass is 32.2. The zero-order chi connectivity index (χ0) is 15.4. The van der Waals surface area contributed by atoms with E-state index in [-0.39, 0.29) is 11.2 Å². The Morgan fingerprint density at radius 3 is 2.48 bits per heavy atom. The number of anilines is 1. The summed E-state index contributed by atoms with van der Waals surface area (Å²) in [6, 6.07) is 14.2. The minimum absolute atomic E-state index is 0.0313. The van der Waals surface area contributed by atoms with E-state index in [0.29, 0.717) is 0 Å². The van der Waals surface area contributed by atoms with Crippen LogP contribution in [0.4, 0.5) is 5.69 Å². The van der Waals surface area contributed by atoms with Crippen LogP contribution in [0.5, 0.6) is 0 Å². The van der Waals surface area contributed by atoms with E-state index < -0.39 is 0 Å². The Morgan fingerprint density at radius 2 is 1.81 bits per heavy atom. The van der Waals surface area contributed by atoms with Crippen molar-refractivity contribution < 1.29 is 4.79 Å². The van der Waals surface area contributed by atoms with Crippen LogP contribution >= 0.6 is 11.8 Å². The van der Waals surface area contributed by atoms with Crippen LogP contribution in [-0.2, 0) is 4.79 Å². The van der Waals surface area contributed by atoms with Gasteiger partial charge in [0.25, 0.3) is 0 Å². The second-order valence-corrected chi connectivity index (χ2v) is 6.78. The monoisotopic (exact) mass is 299 g/mol. The molecule has 2 rings (SSSR count). The smallest absolute Gasteiger partial charge is 0.237 e. The molecule has 0 bridgehead atoms. The summed E-state index contributed by atoms with van der Waals surface area (Å²) in [5.41, 5.74) is 4.53. The third kappa shape index (κ3) is 4.36. The van der Waals surface area contributed by atoms with Crippen LogP contribution < -0.4 is 5.32 Å². The van der Waals surface area contributed by atoms with Gasteiger partial charge in [0.1, 0.15) is 0 Å². The molecule has 0 saturated heterocycles. The Balaban J connectivity index is 2.00. The van der Waals surface area contributed by atoms with Gasteiger partial charge in [0.2, 0.25) is 5.91 Å². The number of thioether (sulfide) groups is 1. The lowest BCUT2D eigenvalue weighted by molar-refractivity contribution is -0.115. The van der Waals surface area contributed by atoms with E-state index in [1.807, 2.05) is 38.1 Å². The van der Waals surface area contributed by atoms with Gasteiger partial charge in [-0.05, 0) is 68.7 Å². The standard InChI is InChI=1S/C18H21NOS/c1-12-6-5-7-16(10-12)19-18(20)15(4)21-17-9-8-13(2)14(3)11-17/h5-11,15H,1-4H3,(H,19,20)/t15-/m1/s1. The molecule has 0 aromatic heterocycles. The summed E-state index contributed by atoms with van der Waals surface area (Å²) in [7, 11) is 0. The summed E-state index contributed by atoms with van der Waals surface area (Å²) in [5.74, 6) is 0.0313. The Morgan fingerprint density at radius 1 is 1.05 bits per heavy atom. The first-order valence-corrected chi connectivity index (χ1v) is 7.95. The van der Waals surface area contributed by atoms with E-state index in [9.17, 15) is 4.79 Å². The van der Waals surface area contributed by atoms with Gasteiger partial charge in [-0.25, -0.2) is 0 Å². The molecule has 3 heteroatoms. The average molecular weight is 299 g/mol. The van der Waals surface area contributed by atoms with Crippen LogP contribution in [0.1, 0.15) is 23.6 Å². The molecule has 0 radical (unpaired) electrons. The highest BCUT2D eigenvalue weighted by molar-refractivity contribution is 8.00. The van der Waals surface area contributed by atoms with E-state index in [1.165, 1.54) is 11.1 Å². The number of hydrogen-bond donors (Lipinski definition) is 1. The normalized spacial score (nSPS) is 12.0. The summed E-state index contributed by atoms with van der Waals surface area (Å²) in [5, 5.41) is 2.84. The minimum Gasteiger partial charge on any atom is -0.325 e. The van der Waals surface area contributed by atoms with E-state index >= 15 is 0 Å². The molecule has 0 spiro atoms. The Bertz CT molecular complexity index is 651. The fourth-order valence-electron chi connectivity index (χ4n) is 2.01. The molecule has 0 heterocycles. The van der Waals surface area contributed by atoms with Crippen molar-refractivity contribution >= 4 is 23.4 Å². The summed E-state index contributed by atoms with van der Waals surface area (Å²) < 4.78 is 0. The van der Waals surface area contributed by atoms with Crippen molar-refractivity contribution in [1.82, 2.24) is 0 Å². The number of carbonyl (C=O) groups is 1. The Labute approximate surface area is 131 Å². The van der Waals surface area contributed by atoms with Crippen LogP contribution in [0.2, 0.25) is 0 Å². The third-order valence-electron chi connectivity index (χ3n) is 3.45. The Kier molecular flexibility index (Phi) is 5.07. The summed E-state index contributed by atoms with van der Waals surface area (Å²) in [6.45, 7) is 8.14. The lowest BCUT2D eigenvalue weighted by Gasteiger charge is -2.13. The fraction of sp³-hybridized carbons (Fsp3) is 0.278. The molecule has 2 nitrogen and oxygen atoms in total. The maximum Gasteiger partial charge on any atom is 0.237 e. The van der Waals surface area contributed by atoms with Crippen molar-refractivity contribution in [2.75, 3.05) is 5.32 Å². The van der Waals surface area contributed by atoms with Crippen molar-refractivity contribution in [3.8, 4) is 0 Å². The number of nitrogens with one attached hydrogen (secondary N) is 1. The Hall–Kier alpha value is -1.74. The number of rotatable bonds is 4.